The highest BCUT2D eigenvalue weighted by Gasteiger charge is 1.92. The fourth-order valence-corrected chi connectivity index (χ4v) is 0.573. The number of hydrogen-bond donors (Lipinski definition) is 1. The van der Waals surface area contributed by atoms with E-state index in [2.05, 4.69) is 4.74 Å². The Balaban J connectivity index is 3.46. The van der Waals surface area contributed by atoms with Crippen LogP contribution in [0.2, 0.25) is 0 Å². The summed E-state index contributed by atoms with van der Waals surface area (Å²) in [6.45, 7) is 1.85. The lowest BCUT2D eigenvalue weighted by Crippen LogP contribution is -2.04. The molecule has 0 unspecified atom stereocenters. The SMILES string of the molecule is CC=CCC=CC(=O)OCCO. The average Bonchev–Trinajstić information content (AvgIpc) is 2.09. The fraction of sp³-hybridized carbons (Fsp3) is 0.444. The van der Waals surface area contributed by atoms with Crippen LogP contribution in [-0.4, -0.2) is 24.3 Å². The van der Waals surface area contributed by atoms with Crippen LogP contribution in [0.5, 0.6) is 0 Å². The standard InChI is InChI=1S/C9H14O3/c1-2-3-4-5-6-9(11)12-8-7-10/h2-3,5-6,10H,4,7-8H2,1H3. The summed E-state index contributed by atoms with van der Waals surface area (Å²) in [6.07, 6.45) is 7.62. The van der Waals surface area contributed by atoms with Crippen molar-refractivity contribution >= 4 is 5.97 Å². The van der Waals surface area contributed by atoms with Gasteiger partial charge in [0.15, 0.2) is 0 Å². The summed E-state index contributed by atoms with van der Waals surface area (Å²) in [6, 6.07) is 0. The minimum Gasteiger partial charge on any atom is -0.460 e. The molecule has 0 rings (SSSR count). The van der Waals surface area contributed by atoms with Gasteiger partial charge in [0.25, 0.3) is 0 Å². The number of ether oxygens (including phenoxy) is 1. The Morgan fingerprint density at radius 3 is 2.83 bits per heavy atom. The molecule has 0 saturated carbocycles. The first-order valence-electron chi connectivity index (χ1n) is 3.86. The van der Waals surface area contributed by atoms with Crippen LogP contribution >= 0.6 is 0 Å². The van der Waals surface area contributed by atoms with Crippen LogP contribution in [0, 0.1) is 0 Å². The van der Waals surface area contributed by atoms with Crippen molar-refractivity contribution in [3.05, 3.63) is 24.3 Å². The molecule has 68 valence electrons. The Bertz CT molecular complexity index is 171. The van der Waals surface area contributed by atoms with Gasteiger partial charge < -0.3 is 9.84 Å². The number of aliphatic hydroxyl groups is 1. The van der Waals surface area contributed by atoms with Crippen LogP contribution in [-0.2, 0) is 9.53 Å². The molecule has 0 fully saturated rings. The molecule has 1 N–H and O–H groups in total. The molecule has 0 heterocycles. The summed E-state index contributed by atoms with van der Waals surface area (Å²) >= 11 is 0. The number of aliphatic hydroxyl groups excluding tert-OH is 1. The minimum atomic E-state index is -0.409. The largest absolute Gasteiger partial charge is 0.460 e. The smallest absolute Gasteiger partial charge is 0.330 e. The maximum Gasteiger partial charge on any atom is 0.330 e. The van der Waals surface area contributed by atoms with Crippen molar-refractivity contribution in [2.24, 2.45) is 0 Å². The van der Waals surface area contributed by atoms with Gasteiger partial charge in [0, 0.05) is 6.08 Å². The molecular formula is C9H14O3. The van der Waals surface area contributed by atoms with Crippen LogP contribution in [0.4, 0.5) is 0 Å². The van der Waals surface area contributed by atoms with Crippen molar-refractivity contribution in [1.82, 2.24) is 0 Å². The van der Waals surface area contributed by atoms with Crippen molar-refractivity contribution in [1.29, 1.82) is 0 Å². The molecule has 0 aromatic heterocycles. The number of hydrogen-bond acceptors (Lipinski definition) is 3. The van der Waals surface area contributed by atoms with E-state index in [1.807, 2.05) is 19.1 Å². The van der Waals surface area contributed by atoms with Crippen LogP contribution in [0.3, 0.4) is 0 Å². The lowest BCUT2D eigenvalue weighted by molar-refractivity contribution is -0.138. The molecule has 0 aliphatic rings. The Hall–Kier alpha value is -1.09. The summed E-state index contributed by atoms with van der Waals surface area (Å²) in [7, 11) is 0. The monoisotopic (exact) mass is 170 g/mol. The molecular weight excluding hydrogens is 156 g/mol. The van der Waals surface area contributed by atoms with Gasteiger partial charge in [0.1, 0.15) is 6.61 Å². The highest BCUT2D eigenvalue weighted by molar-refractivity contribution is 5.81. The molecule has 0 bridgehead atoms. The van der Waals surface area contributed by atoms with E-state index in [9.17, 15) is 4.79 Å². The molecule has 0 radical (unpaired) electrons. The Kier molecular flexibility index (Phi) is 7.28. The molecule has 12 heavy (non-hydrogen) atoms. The third-order valence-corrected chi connectivity index (χ3v) is 1.10. The number of allylic oxidation sites excluding steroid dienone is 3. The first-order chi connectivity index (χ1) is 5.81. The van der Waals surface area contributed by atoms with E-state index in [0.29, 0.717) is 0 Å². The summed E-state index contributed by atoms with van der Waals surface area (Å²) in [4.78, 5) is 10.7. The molecule has 0 aliphatic heterocycles. The summed E-state index contributed by atoms with van der Waals surface area (Å²) in [5.41, 5.74) is 0. The van der Waals surface area contributed by atoms with Crippen molar-refractivity contribution in [2.45, 2.75) is 13.3 Å². The van der Waals surface area contributed by atoms with Gasteiger partial charge in [-0.1, -0.05) is 18.2 Å². The maximum atomic E-state index is 10.7. The predicted octanol–water partition coefficient (Wildman–Crippen LogP) is 1.04. The van der Waals surface area contributed by atoms with Gasteiger partial charge in [-0.25, -0.2) is 4.79 Å². The van der Waals surface area contributed by atoms with Crippen LogP contribution in [0.1, 0.15) is 13.3 Å². The normalized spacial score (nSPS) is 11.2. The molecule has 0 saturated heterocycles. The lowest BCUT2D eigenvalue weighted by Gasteiger charge is -1.95. The van der Waals surface area contributed by atoms with E-state index in [1.54, 1.807) is 6.08 Å². The maximum absolute atomic E-state index is 10.7. The molecule has 3 heteroatoms. The summed E-state index contributed by atoms with van der Waals surface area (Å²) < 4.78 is 4.57. The summed E-state index contributed by atoms with van der Waals surface area (Å²) in [5, 5.41) is 8.31. The van der Waals surface area contributed by atoms with E-state index < -0.39 is 5.97 Å². The number of rotatable bonds is 5. The second-order valence-electron chi connectivity index (χ2n) is 2.10. The van der Waals surface area contributed by atoms with E-state index in [4.69, 9.17) is 5.11 Å². The third-order valence-electron chi connectivity index (χ3n) is 1.10. The summed E-state index contributed by atoms with van der Waals surface area (Å²) in [5.74, 6) is -0.409. The van der Waals surface area contributed by atoms with E-state index in [0.717, 1.165) is 6.42 Å². The van der Waals surface area contributed by atoms with E-state index >= 15 is 0 Å². The average molecular weight is 170 g/mol. The van der Waals surface area contributed by atoms with Gasteiger partial charge >= 0.3 is 5.97 Å². The van der Waals surface area contributed by atoms with Gasteiger partial charge in [0.2, 0.25) is 0 Å². The predicted molar refractivity (Wildman–Crippen MR) is 46.6 cm³/mol. The Morgan fingerprint density at radius 1 is 1.50 bits per heavy atom. The topological polar surface area (TPSA) is 46.5 Å². The van der Waals surface area contributed by atoms with Gasteiger partial charge in [-0.3, -0.25) is 0 Å². The van der Waals surface area contributed by atoms with Gasteiger partial charge in [-0.2, -0.15) is 0 Å². The van der Waals surface area contributed by atoms with Gasteiger partial charge in [-0.15, -0.1) is 0 Å². The minimum absolute atomic E-state index is 0.0623. The Morgan fingerprint density at radius 2 is 2.25 bits per heavy atom. The van der Waals surface area contributed by atoms with E-state index in [1.165, 1.54) is 6.08 Å². The highest BCUT2D eigenvalue weighted by atomic mass is 16.5. The van der Waals surface area contributed by atoms with Gasteiger partial charge in [0.05, 0.1) is 6.61 Å². The van der Waals surface area contributed by atoms with Gasteiger partial charge in [-0.05, 0) is 13.3 Å². The number of carbonyl (C=O) groups is 1. The molecule has 0 spiro atoms. The molecule has 0 aliphatic carbocycles. The molecule has 0 amide bonds. The third kappa shape index (κ3) is 7.02. The second kappa shape index (κ2) is 8.01. The quantitative estimate of drug-likeness (QED) is 0.381. The first-order valence-corrected chi connectivity index (χ1v) is 3.86. The second-order valence-corrected chi connectivity index (χ2v) is 2.10. The van der Waals surface area contributed by atoms with Crippen LogP contribution < -0.4 is 0 Å². The molecule has 0 atom stereocenters. The number of esters is 1. The van der Waals surface area contributed by atoms with Crippen LogP contribution in [0.15, 0.2) is 24.3 Å². The fourth-order valence-electron chi connectivity index (χ4n) is 0.573. The lowest BCUT2D eigenvalue weighted by atomic mass is 10.3. The van der Waals surface area contributed by atoms with Crippen LogP contribution in [0.25, 0.3) is 0 Å². The van der Waals surface area contributed by atoms with Crippen molar-refractivity contribution in [3.63, 3.8) is 0 Å². The highest BCUT2D eigenvalue weighted by Crippen LogP contribution is 1.87. The van der Waals surface area contributed by atoms with Crippen molar-refractivity contribution in [2.75, 3.05) is 13.2 Å². The molecule has 0 aromatic carbocycles. The first kappa shape index (κ1) is 10.9. The zero-order chi connectivity index (χ0) is 9.23. The zero-order valence-electron chi connectivity index (χ0n) is 7.19. The number of carbonyl (C=O) groups excluding carboxylic acids is 1. The molecule has 0 aromatic rings. The Labute approximate surface area is 72.3 Å². The van der Waals surface area contributed by atoms with E-state index in [-0.39, 0.29) is 13.2 Å². The van der Waals surface area contributed by atoms with Crippen molar-refractivity contribution < 1.29 is 14.6 Å². The zero-order valence-corrected chi connectivity index (χ0v) is 7.19. The van der Waals surface area contributed by atoms with Crippen molar-refractivity contribution in [3.8, 4) is 0 Å². The molecule has 3 nitrogen and oxygen atoms in total.